The van der Waals surface area contributed by atoms with Crippen molar-refractivity contribution >= 4 is 29.7 Å². The average Bonchev–Trinajstić information content (AvgIpc) is 2.33. The molecule has 110 valence electrons. The van der Waals surface area contributed by atoms with Crippen LogP contribution in [0, 0.1) is 0 Å². The van der Waals surface area contributed by atoms with Crippen molar-refractivity contribution in [2.75, 3.05) is 12.8 Å². The predicted octanol–water partition coefficient (Wildman–Crippen LogP) is 0.745. The molecular weight excluding hydrogens is 272 g/mol. The van der Waals surface area contributed by atoms with Gasteiger partial charge in [-0.15, -0.1) is 0 Å². The lowest BCUT2D eigenvalue weighted by Gasteiger charge is -2.15. The lowest BCUT2D eigenvalue weighted by molar-refractivity contribution is -0.140. The third-order valence-electron chi connectivity index (χ3n) is 2.49. The third kappa shape index (κ3) is 9.18. The van der Waals surface area contributed by atoms with E-state index in [0.717, 1.165) is 6.42 Å². The van der Waals surface area contributed by atoms with Gasteiger partial charge in [-0.3, -0.25) is 4.79 Å². The van der Waals surface area contributed by atoms with Gasteiger partial charge in [0.25, 0.3) is 0 Å². The Balaban J connectivity index is 4.03. The minimum atomic E-state index is -1.24. The van der Waals surface area contributed by atoms with Gasteiger partial charge in [-0.05, 0) is 19.1 Å². The Kier molecular flexibility index (Phi) is 8.77. The molecule has 0 aliphatic rings. The molecule has 19 heavy (non-hydrogen) atoms. The minimum absolute atomic E-state index is 0.140. The first-order valence-corrected chi connectivity index (χ1v) is 7.17. The fraction of sp³-hybridized carbons (Fsp3) is 0.727. The normalized spacial score (nSPS) is 13.4. The van der Waals surface area contributed by atoms with Crippen LogP contribution in [0.15, 0.2) is 0 Å². The summed E-state index contributed by atoms with van der Waals surface area (Å²) in [5.74, 6) is -2.34. The second-order valence-corrected chi connectivity index (χ2v) is 5.33. The van der Waals surface area contributed by atoms with Crippen molar-refractivity contribution in [1.29, 1.82) is 0 Å². The molecule has 0 heterocycles. The van der Waals surface area contributed by atoms with Crippen LogP contribution in [0.25, 0.3) is 0 Å². The fourth-order valence-corrected chi connectivity index (χ4v) is 1.59. The first-order chi connectivity index (χ1) is 8.86. The van der Waals surface area contributed by atoms with E-state index in [1.54, 1.807) is 11.8 Å². The molecule has 2 atom stereocenters. The molecule has 8 heteroatoms. The van der Waals surface area contributed by atoms with Crippen molar-refractivity contribution in [1.82, 2.24) is 10.6 Å². The molecule has 0 aromatic carbocycles. The molecule has 0 aromatic heterocycles. The molecule has 0 spiro atoms. The van der Waals surface area contributed by atoms with Gasteiger partial charge < -0.3 is 20.8 Å². The number of nitrogens with one attached hydrogen (secondary N) is 2. The Morgan fingerprint density at radius 3 is 2.32 bits per heavy atom. The number of hydrogen-bond acceptors (Lipinski definition) is 4. The third-order valence-corrected chi connectivity index (χ3v) is 3.53. The maximum atomic E-state index is 11.4. The highest BCUT2D eigenvalue weighted by Gasteiger charge is 2.20. The van der Waals surface area contributed by atoms with E-state index in [-0.39, 0.29) is 12.8 Å². The topological polar surface area (TPSA) is 116 Å². The summed E-state index contributed by atoms with van der Waals surface area (Å²) in [4.78, 5) is 32.6. The number of hydrogen-bond donors (Lipinski definition) is 4. The Morgan fingerprint density at radius 1 is 1.21 bits per heavy atom. The van der Waals surface area contributed by atoms with Crippen LogP contribution in [0.5, 0.6) is 0 Å². The summed E-state index contributed by atoms with van der Waals surface area (Å²) in [6.07, 6.45) is 2.30. The van der Waals surface area contributed by atoms with E-state index in [0.29, 0.717) is 11.8 Å². The van der Waals surface area contributed by atoms with Gasteiger partial charge in [0, 0.05) is 18.2 Å². The molecule has 4 N–H and O–H groups in total. The molecular formula is C11H20N2O5S. The average molecular weight is 292 g/mol. The number of carboxylic acid groups (broad SMARTS) is 2. The summed E-state index contributed by atoms with van der Waals surface area (Å²) in [7, 11) is 0. The Bertz CT molecular complexity index is 324. The molecule has 0 aliphatic carbocycles. The molecule has 0 aliphatic heterocycles. The van der Waals surface area contributed by atoms with Crippen LogP contribution < -0.4 is 10.6 Å². The summed E-state index contributed by atoms with van der Waals surface area (Å²) >= 11 is 1.68. The molecule has 2 amide bonds. The molecule has 0 saturated carbocycles. The number of carbonyl (C=O) groups excluding carboxylic acids is 1. The number of rotatable bonds is 9. The van der Waals surface area contributed by atoms with Crippen LogP contribution in [0.2, 0.25) is 0 Å². The van der Waals surface area contributed by atoms with Crippen LogP contribution in [0.4, 0.5) is 4.79 Å². The summed E-state index contributed by atoms with van der Waals surface area (Å²) in [6.45, 7) is 2.47. The van der Waals surface area contributed by atoms with E-state index in [1.807, 2.05) is 13.2 Å². The summed E-state index contributed by atoms with van der Waals surface area (Å²) in [5.41, 5.74) is 0. The zero-order valence-electron chi connectivity index (χ0n) is 11.0. The minimum Gasteiger partial charge on any atom is -0.481 e. The number of carbonyl (C=O) groups is 3. The maximum Gasteiger partial charge on any atom is 0.326 e. The molecule has 0 saturated heterocycles. The molecule has 0 radical (unpaired) electrons. The number of urea groups is 1. The van der Waals surface area contributed by atoms with Crippen molar-refractivity contribution in [3.05, 3.63) is 0 Å². The van der Waals surface area contributed by atoms with Crippen molar-refractivity contribution in [2.45, 2.75) is 37.5 Å². The van der Waals surface area contributed by atoms with Crippen molar-refractivity contribution in [2.24, 2.45) is 0 Å². The van der Waals surface area contributed by atoms with Gasteiger partial charge in [-0.2, -0.15) is 11.8 Å². The molecule has 0 aromatic rings. The monoisotopic (exact) mass is 292 g/mol. The number of carboxylic acids is 2. The summed E-state index contributed by atoms with van der Waals surface area (Å²) < 4.78 is 0. The Hall–Kier alpha value is -1.44. The fourth-order valence-electron chi connectivity index (χ4n) is 1.24. The molecule has 0 rings (SSSR count). The maximum absolute atomic E-state index is 11.4. The quantitative estimate of drug-likeness (QED) is 0.498. The second-order valence-electron chi connectivity index (χ2n) is 4.06. The summed E-state index contributed by atoms with van der Waals surface area (Å²) in [5, 5.41) is 22.5. The van der Waals surface area contributed by atoms with Crippen LogP contribution in [0.3, 0.4) is 0 Å². The van der Waals surface area contributed by atoms with Gasteiger partial charge >= 0.3 is 18.0 Å². The summed E-state index contributed by atoms with van der Waals surface area (Å²) in [6, 6.07) is -1.78. The number of amides is 2. The Labute approximate surface area is 116 Å². The van der Waals surface area contributed by atoms with Gasteiger partial charge in [0.1, 0.15) is 6.04 Å². The van der Waals surface area contributed by atoms with Gasteiger partial charge in [0.15, 0.2) is 0 Å². The van der Waals surface area contributed by atoms with Gasteiger partial charge in [0.05, 0.1) is 0 Å². The SMILES string of the molecule is CSC(C)CCNC(=O)NC(CCC(=O)O)C(=O)O. The van der Waals surface area contributed by atoms with Gasteiger partial charge in [0.2, 0.25) is 0 Å². The highest BCUT2D eigenvalue weighted by atomic mass is 32.2. The van der Waals surface area contributed by atoms with Crippen molar-refractivity contribution in [3.8, 4) is 0 Å². The Morgan fingerprint density at radius 2 is 1.84 bits per heavy atom. The standard InChI is InChI=1S/C11H20N2O5S/c1-7(19-2)5-6-12-11(18)13-8(10(16)17)3-4-9(14)15/h7-8H,3-6H2,1-2H3,(H,14,15)(H,16,17)(H2,12,13,18). The molecule has 0 fully saturated rings. The number of aliphatic carboxylic acids is 2. The zero-order chi connectivity index (χ0) is 14.8. The first kappa shape index (κ1) is 17.6. The van der Waals surface area contributed by atoms with E-state index >= 15 is 0 Å². The smallest absolute Gasteiger partial charge is 0.326 e. The molecule has 2 unspecified atom stereocenters. The van der Waals surface area contributed by atoms with Crippen molar-refractivity contribution in [3.63, 3.8) is 0 Å². The van der Waals surface area contributed by atoms with Crippen LogP contribution in [0.1, 0.15) is 26.2 Å². The van der Waals surface area contributed by atoms with Crippen LogP contribution in [-0.4, -0.2) is 52.3 Å². The van der Waals surface area contributed by atoms with Gasteiger partial charge in [-0.25, -0.2) is 9.59 Å². The molecule has 7 nitrogen and oxygen atoms in total. The highest BCUT2D eigenvalue weighted by Crippen LogP contribution is 2.07. The van der Waals surface area contributed by atoms with Crippen molar-refractivity contribution < 1.29 is 24.6 Å². The zero-order valence-corrected chi connectivity index (χ0v) is 11.8. The van der Waals surface area contributed by atoms with Crippen LogP contribution >= 0.6 is 11.8 Å². The van der Waals surface area contributed by atoms with Gasteiger partial charge in [-0.1, -0.05) is 6.92 Å². The highest BCUT2D eigenvalue weighted by molar-refractivity contribution is 7.99. The van der Waals surface area contributed by atoms with E-state index in [4.69, 9.17) is 10.2 Å². The van der Waals surface area contributed by atoms with Crippen LogP contribution in [-0.2, 0) is 9.59 Å². The lowest BCUT2D eigenvalue weighted by atomic mass is 10.1. The van der Waals surface area contributed by atoms with E-state index in [9.17, 15) is 14.4 Å². The second kappa shape index (κ2) is 9.48. The van der Waals surface area contributed by atoms with E-state index < -0.39 is 24.0 Å². The molecule has 0 bridgehead atoms. The van der Waals surface area contributed by atoms with E-state index in [1.165, 1.54) is 0 Å². The number of thioether (sulfide) groups is 1. The van der Waals surface area contributed by atoms with E-state index in [2.05, 4.69) is 10.6 Å². The lowest BCUT2D eigenvalue weighted by Crippen LogP contribution is -2.46. The predicted molar refractivity (Wildman–Crippen MR) is 72.4 cm³/mol. The first-order valence-electron chi connectivity index (χ1n) is 5.88. The largest absolute Gasteiger partial charge is 0.481 e.